The normalized spacial score (nSPS) is 10.6. The average Bonchev–Trinajstić information content (AvgIpc) is 2.44. The van der Waals surface area contributed by atoms with Crippen LogP contribution in [0.2, 0.25) is 0 Å². The first kappa shape index (κ1) is 20.6. The molecule has 0 fully saturated rings. The van der Waals surface area contributed by atoms with Crippen molar-refractivity contribution in [3.63, 3.8) is 0 Å². The predicted octanol–water partition coefficient (Wildman–Crippen LogP) is -0.443. The van der Waals surface area contributed by atoms with E-state index >= 15 is 0 Å². The summed E-state index contributed by atoms with van der Waals surface area (Å²) >= 11 is 0. The summed E-state index contributed by atoms with van der Waals surface area (Å²) in [5.74, 6) is -0.999. The standard InChI is InChI=1S/C7H12O3.C6H10O4/c1-6(2)7(9)10-5-3-4-8;1-2-6(9)10-4-5(8)3-7/h8H,1,3-5H2,2H3;2,5,7-8H,1,3-4H2. The third kappa shape index (κ3) is 14.4. The van der Waals surface area contributed by atoms with Gasteiger partial charge in [-0.25, -0.2) is 9.59 Å². The topological polar surface area (TPSA) is 113 Å². The van der Waals surface area contributed by atoms with Gasteiger partial charge in [-0.1, -0.05) is 13.2 Å². The molecule has 0 saturated carbocycles. The summed E-state index contributed by atoms with van der Waals surface area (Å²) in [7, 11) is 0. The first-order valence-electron chi connectivity index (χ1n) is 5.90. The molecule has 0 rings (SSSR count). The van der Waals surface area contributed by atoms with Gasteiger partial charge in [-0.05, 0) is 6.92 Å². The zero-order chi connectivity index (χ0) is 16.0. The molecule has 0 aliphatic carbocycles. The number of aliphatic hydroxyl groups is 3. The van der Waals surface area contributed by atoms with Crippen LogP contribution in [0.5, 0.6) is 0 Å². The van der Waals surface area contributed by atoms with Crippen LogP contribution in [-0.2, 0) is 19.1 Å². The summed E-state index contributed by atoms with van der Waals surface area (Å²) in [5, 5.41) is 25.2. The van der Waals surface area contributed by atoms with E-state index in [2.05, 4.69) is 22.6 Å². The molecule has 0 amide bonds. The molecule has 3 N–H and O–H groups in total. The van der Waals surface area contributed by atoms with Gasteiger partial charge in [0, 0.05) is 24.7 Å². The lowest BCUT2D eigenvalue weighted by Crippen LogP contribution is -2.21. The fraction of sp³-hybridized carbons (Fsp3) is 0.538. The summed E-state index contributed by atoms with van der Waals surface area (Å²) in [6, 6.07) is 0. The first-order valence-corrected chi connectivity index (χ1v) is 5.90. The molecule has 0 aromatic carbocycles. The minimum atomic E-state index is -0.996. The Morgan fingerprint density at radius 1 is 1.30 bits per heavy atom. The second-order valence-electron chi connectivity index (χ2n) is 3.66. The van der Waals surface area contributed by atoms with Crippen molar-refractivity contribution in [1.29, 1.82) is 0 Å². The minimum Gasteiger partial charge on any atom is -0.462 e. The Hall–Kier alpha value is -1.70. The SMILES string of the molecule is C=C(C)C(=O)OCCCO.C=CC(=O)OCC(O)CO. The zero-order valence-corrected chi connectivity index (χ0v) is 11.6. The van der Waals surface area contributed by atoms with Crippen LogP contribution in [0.1, 0.15) is 13.3 Å². The van der Waals surface area contributed by atoms with Gasteiger partial charge in [0.05, 0.1) is 13.2 Å². The number of esters is 2. The van der Waals surface area contributed by atoms with Gasteiger partial charge in [-0.2, -0.15) is 0 Å². The number of aliphatic hydroxyl groups excluding tert-OH is 3. The van der Waals surface area contributed by atoms with E-state index in [1.54, 1.807) is 6.92 Å². The molecule has 116 valence electrons. The molecule has 0 heterocycles. The van der Waals surface area contributed by atoms with Crippen molar-refractivity contribution >= 4 is 11.9 Å². The van der Waals surface area contributed by atoms with Crippen molar-refractivity contribution in [2.75, 3.05) is 26.4 Å². The van der Waals surface area contributed by atoms with E-state index in [4.69, 9.17) is 15.3 Å². The predicted molar refractivity (Wildman–Crippen MR) is 71.7 cm³/mol. The molecule has 0 spiro atoms. The summed E-state index contributed by atoms with van der Waals surface area (Å²) < 4.78 is 9.02. The molecule has 7 heteroatoms. The van der Waals surface area contributed by atoms with E-state index in [-0.39, 0.29) is 19.8 Å². The Bertz CT molecular complexity index is 312. The highest BCUT2D eigenvalue weighted by Crippen LogP contribution is 1.92. The van der Waals surface area contributed by atoms with Crippen molar-refractivity contribution in [3.8, 4) is 0 Å². The van der Waals surface area contributed by atoms with E-state index in [1.807, 2.05) is 0 Å². The van der Waals surface area contributed by atoms with Gasteiger partial charge in [-0.3, -0.25) is 0 Å². The smallest absolute Gasteiger partial charge is 0.333 e. The highest BCUT2D eigenvalue weighted by molar-refractivity contribution is 5.86. The minimum absolute atomic E-state index is 0.0451. The van der Waals surface area contributed by atoms with Crippen LogP contribution in [0.15, 0.2) is 24.8 Å². The third-order valence-corrected chi connectivity index (χ3v) is 1.68. The summed E-state index contributed by atoms with van der Waals surface area (Å²) in [5.41, 5.74) is 0.387. The van der Waals surface area contributed by atoms with Gasteiger partial charge in [-0.15, -0.1) is 0 Å². The van der Waals surface area contributed by atoms with E-state index in [0.29, 0.717) is 12.0 Å². The van der Waals surface area contributed by atoms with Crippen LogP contribution in [0.25, 0.3) is 0 Å². The Morgan fingerprint density at radius 3 is 2.30 bits per heavy atom. The Morgan fingerprint density at radius 2 is 1.90 bits per heavy atom. The van der Waals surface area contributed by atoms with Crippen molar-refractivity contribution < 1.29 is 34.4 Å². The quantitative estimate of drug-likeness (QED) is 0.315. The molecule has 1 atom stereocenters. The number of carbonyl (C=O) groups is 2. The molecule has 7 nitrogen and oxygen atoms in total. The molecular formula is C13H22O7. The van der Waals surface area contributed by atoms with E-state index in [0.717, 1.165) is 6.08 Å². The monoisotopic (exact) mass is 290 g/mol. The van der Waals surface area contributed by atoms with E-state index in [9.17, 15) is 9.59 Å². The summed E-state index contributed by atoms with van der Waals surface area (Å²) in [4.78, 5) is 20.9. The molecule has 20 heavy (non-hydrogen) atoms. The zero-order valence-electron chi connectivity index (χ0n) is 11.6. The highest BCUT2D eigenvalue weighted by atomic mass is 16.5. The van der Waals surface area contributed by atoms with Gasteiger partial charge in [0.25, 0.3) is 0 Å². The van der Waals surface area contributed by atoms with Crippen molar-refractivity contribution in [1.82, 2.24) is 0 Å². The van der Waals surface area contributed by atoms with Crippen LogP contribution >= 0.6 is 0 Å². The Labute approximate surface area is 118 Å². The Balaban J connectivity index is 0. The van der Waals surface area contributed by atoms with Gasteiger partial charge in [0.1, 0.15) is 12.7 Å². The number of rotatable bonds is 8. The lowest BCUT2D eigenvalue weighted by atomic mass is 10.4. The van der Waals surface area contributed by atoms with Gasteiger partial charge in [0.2, 0.25) is 0 Å². The molecule has 0 aromatic rings. The molecular weight excluding hydrogens is 268 g/mol. The lowest BCUT2D eigenvalue weighted by molar-refractivity contribution is -0.141. The van der Waals surface area contributed by atoms with E-state index in [1.165, 1.54) is 0 Å². The summed E-state index contributed by atoms with van der Waals surface area (Å²) in [6.45, 7) is 7.83. The van der Waals surface area contributed by atoms with Crippen molar-refractivity contribution in [2.45, 2.75) is 19.4 Å². The maximum atomic E-state index is 10.6. The fourth-order valence-electron chi connectivity index (χ4n) is 0.643. The number of hydrogen-bond acceptors (Lipinski definition) is 7. The van der Waals surface area contributed by atoms with Gasteiger partial charge < -0.3 is 24.8 Å². The molecule has 0 aromatic heterocycles. The number of carbonyl (C=O) groups excluding carboxylic acids is 2. The van der Waals surface area contributed by atoms with Gasteiger partial charge >= 0.3 is 11.9 Å². The fourth-order valence-corrected chi connectivity index (χ4v) is 0.643. The maximum Gasteiger partial charge on any atom is 0.333 e. The summed E-state index contributed by atoms with van der Waals surface area (Å²) in [6.07, 6.45) is 0.479. The molecule has 0 bridgehead atoms. The largest absolute Gasteiger partial charge is 0.462 e. The van der Waals surface area contributed by atoms with Crippen LogP contribution < -0.4 is 0 Å². The first-order chi connectivity index (χ1) is 9.38. The van der Waals surface area contributed by atoms with Crippen LogP contribution in [0.4, 0.5) is 0 Å². The molecule has 0 aliphatic heterocycles. The molecule has 0 saturated heterocycles. The number of ether oxygens (including phenoxy) is 2. The number of hydrogen-bond donors (Lipinski definition) is 3. The lowest BCUT2D eigenvalue weighted by Gasteiger charge is -2.05. The van der Waals surface area contributed by atoms with Crippen LogP contribution in [0.3, 0.4) is 0 Å². The van der Waals surface area contributed by atoms with Crippen molar-refractivity contribution in [3.05, 3.63) is 24.8 Å². The second-order valence-corrected chi connectivity index (χ2v) is 3.66. The molecule has 0 aliphatic rings. The van der Waals surface area contributed by atoms with Gasteiger partial charge in [0.15, 0.2) is 0 Å². The Kier molecular flexibility index (Phi) is 14.1. The van der Waals surface area contributed by atoms with Crippen LogP contribution in [-0.4, -0.2) is 59.8 Å². The average molecular weight is 290 g/mol. The van der Waals surface area contributed by atoms with E-state index < -0.39 is 24.6 Å². The van der Waals surface area contributed by atoms with Crippen LogP contribution in [0, 0.1) is 0 Å². The maximum absolute atomic E-state index is 10.6. The molecule has 1 unspecified atom stereocenters. The highest BCUT2D eigenvalue weighted by Gasteiger charge is 2.03. The second kappa shape index (κ2) is 13.7. The van der Waals surface area contributed by atoms with Crippen molar-refractivity contribution in [2.24, 2.45) is 0 Å². The molecule has 0 radical (unpaired) electrons. The third-order valence-electron chi connectivity index (χ3n) is 1.68.